The van der Waals surface area contributed by atoms with Gasteiger partial charge in [0.1, 0.15) is 5.82 Å². The molecule has 0 saturated heterocycles. The van der Waals surface area contributed by atoms with Gasteiger partial charge in [0.25, 0.3) is 0 Å². The molecule has 0 aromatic carbocycles. The average molecular weight is 303 g/mol. The molecule has 0 radical (unpaired) electrons. The molecule has 0 atom stereocenters. The first kappa shape index (κ1) is 16.0. The van der Waals surface area contributed by atoms with Crippen molar-refractivity contribution in [3.05, 3.63) is 45.8 Å². The summed E-state index contributed by atoms with van der Waals surface area (Å²) in [6.45, 7) is 11.4. The molecule has 0 bridgehead atoms. The van der Waals surface area contributed by atoms with Crippen molar-refractivity contribution in [2.24, 2.45) is 0 Å². The number of nitrogens with one attached hydrogen (secondary N) is 1. The molecule has 4 heteroatoms. The van der Waals surface area contributed by atoms with Crippen LogP contribution in [0.25, 0.3) is 0 Å². The highest BCUT2D eigenvalue weighted by Crippen LogP contribution is 2.19. The number of aromatic nitrogens is 1. The van der Waals surface area contributed by atoms with Gasteiger partial charge in [-0.05, 0) is 43.0 Å². The van der Waals surface area contributed by atoms with E-state index < -0.39 is 0 Å². The Morgan fingerprint density at radius 3 is 2.76 bits per heavy atom. The third-order valence-electron chi connectivity index (χ3n) is 3.35. The molecule has 2 aromatic heterocycles. The second-order valence-corrected chi connectivity index (χ2v) is 6.64. The fourth-order valence-electron chi connectivity index (χ4n) is 2.25. The molecule has 0 aliphatic heterocycles. The molecule has 0 fully saturated rings. The van der Waals surface area contributed by atoms with E-state index >= 15 is 0 Å². The van der Waals surface area contributed by atoms with Crippen LogP contribution in [0.5, 0.6) is 0 Å². The Hall–Kier alpha value is -1.39. The summed E-state index contributed by atoms with van der Waals surface area (Å²) in [5.74, 6) is 1.08. The van der Waals surface area contributed by atoms with Crippen molar-refractivity contribution < 1.29 is 0 Å². The van der Waals surface area contributed by atoms with Gasteiger partial charge in [0.15, 0.2) is 0 Å². The highest BCUT2D eigenvalue weighted by Gasteiger charge is 2.09. The largest absolute Gasteiger partial charge is 0.352 e. The molecule has 0 spiro atoms. The van der Waals surface area contributed by atoms with E-state index in [1.54, 1.807) is 11.3 Å². The highest BCUT2D eigenvalue weighted by molar-refractivity contribution is 7.09. The molecule has 0 aliphatic rings. The summed E-state index contributed by atoms with van der Waals surface area (Å²) in [5, 5.41) is 5.60. The van der Waals surface area contributed by atoms with Crippen LogP contribution in [-0.2, 0) is 13.1 Å². The molecule has 114 valence electrons. The average Bonchev–Trinajstić information content (AvgIpc) is 2.95. The van der Waals surface area contributed by atoms with Crippen LogP contribution < -0.4 is 10.2 Å². The monoisotopic (exact) mass is 303 g/mol. The minimum Gasteiger partial charge on any atom is -0.352 e. The molecule has 2 heterocycles. The van der Waals surface area contributed by atoms with Gasteiger partial charge in [0, 0.05) is 29.7 Å². The highest BCUT2D eigenvalue weighted by atomic mass is 32.1. The molecule has 2 aromatic rings. The van der Waals surface area contributed by atoms with Crippen molar-refractivity contribution >= 4 is 17.2 Å². The van der Waals surface area contributed by atoms with E-state index in [2.05, 4.69) is 67.6 Å². The topological polar surface area (TPSA) is 28.2 Å². The second-order valence-electron chi connectivity index (χ2n) is 5.60. The van der Waals surface area contributed by atoms with E-state index in [0.29, 0.717) is 6.04 Å². The molecule has 3 nitrogen and oxygen atoms in total. The zero-order valence-corrected chi connectivity index (χ0v) is 14.2. The second kappa shape index (κ2) is 7.57. The maximum absolute atomic E-state index is 4.72. The Kier molecular flexibility index (Phi) is 5.76. The van der Waals surface area contributed by atoms with E-state index in [9.17, 15) is 0 Å². The number of anilines is 1. The van der Waals surface area contributed by atoms with Crippen LogP contribution in [-0.4, -0.2) is 17.6 Å². The van der Waals surface area contributed by atoms with E-state index in [0.717, 1.165) is 31.1 Å². The molecule has 0 aliphatic carbocycles. The molecule has 0 amide bonds. The van der Waals surface area contributed by atoms with Gasteiger partial charge in [-0.1, -0.05) is 19.9 Å². The number of rotatable bonds is 7. The Morgan fingerprint density at radius 1 is 1.33 bits per heavy atom. The third kappa shape index (κ3) is 4.83. The number of hydrogen-bond donors (Lipinski definition) is 1. The van der Waals surface area contributed by atoms with E-state index in [1.807, 2.05) is 0 Å². The van der Waals surface area contributed by atoms with Crippen molar-refractivity contribution in [2.75, 3.05) is 11.4 Å². The Labute approximate surface area is 132 Å². The summed E-state index contributed by atoms with van der Waals surface area (Å²) >= 11 is 1.80. The minimum absolute atomic E-state index is 0.496. The molecular weight excluding hydrogens is 278 g/mol. The van der Waals surface area contributed by atoms with Gasteiger partial charge < -0.3 is 10.2 Å². The van der Waals surface area contributed by atoms with E-state index in [-0.39, 0.29) is 0 Å². The van der Waals surface area contributed by atoms with Crippen molar-refractivity contribution in [2.45, 2.75) is 46.8 Å². The molecule has 1 N–H and O–H groups in total. The van der Waals surface area contributed by atoms with Crippen LogP contribution in [0.15, 0.2) is 29.6 Å². The maximum Gasteiger partial charge on any atom is 0.129 e. The smallest absolute Gasteiger partial charge is 0.129 e. The van der Waals surface area contributed by atoms with E-state index in [4.69, 9.17) is 4.98 Å². The maximum atomic E-state index is 4.72. The minimum atomic E-state index is 0.496. The predicted molar refractivity (Wildman–Crippen MR) is 92.0 cm³/mol. The van der Waals surface area contributed by atoms with Crippen LogP contribution in [0.4, 0.5) is 5.82 Å². The lowest BCUT2D eigenvalue weighted by atomic mass is 10.2. The zero-order chi connectivity index (χ0) is 15.2. The predicted octanol–water partition coefficient (Wildman–Crippen LogP) is 3.98. The summed E-state index contributed by atoms with van der Waals surface area (Å²) in [5.41, 5.74) is 2.38. The lowest BCUT2D eigenvalue weighted by Gasteiger charge is -2.22. The first-order valence-corrected chi connectivity index (χ1v) is 8.44. The van der Waals surface area contributed by atoms with Crippen molar-refractivity contribution in [1.29, 1.82) is 0 Å². The summed E-state index contributed by atoms with van der Waals surface area (Å²) in [4.78, 5) is 8.42. The summed E-state index contributed by atoms with van der Waals surface area (Å²) < 4.78 is 0. The van der Waals surface area contributed by atoms with Crippen LogP contribution in [0.2, 0.25) is 0 Å². The normalized spacial score (nSPS) is 11.1. The van der Waals surface area contributed by atoms with Crippen molar-refractivity contribution in [3.8, 4) is 0 Å². The first-order valence-electron chi connectivity index (χ1n) is 7.56. The number of aryl methyl sites for hydroxylation is 1. The van der Waals surface area contributed by atoms with Gasteiger partial charge in [0.05, 0.1) is 6.54 Å². The van der Waals surface area contributed by atoms with Gasteiger partial charge in [-0.25, -0.2) is 4.98 Å². The first-order chi connectivity index (χ1) is 10.1. The van der Waals surface area contributed by atoms with Crippen LogP contribution >= 0.6 is 11.3 Å². The number of pyridine rings is 1. The van der Waals surface area contributed by atoms with Gasteiger partial charge in [-0.15, -0.1) is 11.3 Å². The molecule has 0 saturated carbocycles. The number of hydrogen-bond acceptors (Lipinski definition) is 4. The van der Waals surface area contributed by atoms with Crippen molar-refractivity contribution in [3.63, 3.8) is 0 Å². The molecule has 2 rings (SSSR count). The molecular formula is C17H25N3S. The van der Waals surface area contributed by atoms with Gasteiger partial charge in [-0.2, -0.15) is 0 Å². The molecule has 0 unspecified atom stereocenters. The quantitative estimate of drug-likeness (QED) is 0.838. The van der Waals surface area contributed by atoms with Crippen LogP contribution in [0, 0.1) is 6.92 Å². The van der Waals surface area contributed by atoms with Gasteiger partial charge in [0.2, 0.25) is 0 Å². The Balaban J connectivity index is 2.16. The zero-order valence-electron chi connectivity index (χ0n) is 13.4. The summed E-state index contributed by atoms with van der Waals surface area (Å²) in [6.07, 6.45) is 0. The summed E-state index contributed by atoms with van der Waals surface area (Å²) in [6, 6.07) is 9.16. The Morgan fingerprint density at radius 2 is 2.14 bits per heavy atom. The Bertz CT molecular complexity index is 549. The van der Waals surface area contributed by atoms with Crippen LogP contribution in [0.3, 0.4) is 0 Å². The number of thiophene rings is 1. The lowest BCUT2D eigenvalue weighted by molar-refractivity contribution is 0.588. The molecule has 21 heavy (non-hydrogen) atoms. The fourth-order valence-corrected chi connectivity index (χ4v) is 2.97. The SMILES string of the molecule is CCN(Cc1cccs1)c1cc(CNC(C)C)cc(C)n1. The van der Waals surface area contributed by atoms with Gasteiger partial charge >= 0.3 is 0 Å². The fraction of sp³-hybridized carbons (Fsp3) is 0.471. The standard InChI is InChI=1S/C17H25N3S/c1-5-20(12-16-7-6-8-21-16)17-10-15(9-14(4)19-17)11-18-13(2)3/h6-10,13,18H,5,11-12H2,1-4H3. The van der Waals surface area contributed by atoms with Crippen molar-refractivity contribution in [1.82, 2.24) is 10.3 Å². The lowest BCUT2D eigenvalue weighted by Crippen LogP contribution is -2.24. The van der Waals surface area contributed by atoms with Crippen LogP contribution in [0.1, 0.15) is 36.9 Å². The van der Waals surface area contributed by atoms with Gasteiger partial charge in [-0.3, -0.25) is 0 Å². The number of nitrogens with zero attached hydrogens (tertiary/aromatic N) is 2. The van der Waals surface area contributed by atoms with E-state index in [1.165, 1.54) is 10.4 Å². The third-order valence-corrected chi connectivity index (χ3v) is 4.21. The summed E-state index contributed by atoms with van der Waals surface area (Å²) in [7, 11) is 0.